The molecule has 0 aliphatic carbocycles. The molecule has 4 heteroatoms. The zero-order valence-electron chi connectivity index (χ0n) is 7.49. The van der Waals surface area contributed by atoms with Gasteiger partial charge >= 0.3 is 0 Å². The lowest BCUT2D eigenvalue weighted by atomic mass is 10.2. The third-order valence-electron chi connectivity index (χ3n) is 1.57. The SMILES string of the molecule is CC(C#N)Oc1cccc(F)c1C#N. The van der Waals surface area contributed by atoms with E-state index in [4.69, 9.17) is 15.3 Å². The lowest BCUT2D eigenvalue weighted by Gasteiger charge is -2.08. The molecule has 14 heavy (non-hydrogen) atoms. The van der Waals surface area contributed by atoms with Crippen LogP contribution in [0.5, 0.6) is 5.75 Å². The Kier molecular flexibility index (Phi) is 3.04. The van der Waals surface area contributed by atoms with Gasteiger partial charge < -0.3 is 4.74 Å². The predicted octanol–water partition coefficient (Wildman–Crippen LogP) is 1.99. The third-order valence-corrected chi connectivity index (χ3v) is 1.57. The molecule has 0 radical (unpaired) electrons. The Bertz CT molecular complexity index is 417. The molecular formula is C10H7FN2O. The fourth-order valence-corrected chi connectivity index (χ4v) is 0.928. The van der Waals surface area contributed by atoms with Crippen molar-refractivity contribution in [2.75, 3.05) is 0 Å². The van der Waals surface area contributed by atoms with Crippen molar-refractivity contribution in [1.82, 2.24) is 0 Å². The van der Waals surface area contributed by atoms with Gasteiger partial charge in [0.25, 0.3) is 0 Å². The maximum absolute atomic E-state index is 13.0. The van der Waals surface area contributed by atoms with E-state index in [0.29, 0.717) is 0 Å². The molecule has 1 atom stereocenters. The molecule has 0 amide bonds. The Balaban J connectivity index is 3.05. The number of halogens is 1. The predicted molar refractivity (Wildman–Crippen MR) is 46.8 cm³/mol. The maximum Gasteiger partial charge on any atom is 0.181 e. The Labute approximate surface area is 81.0 Å². The summed E-state index contributed by atoms with van der Waals surface area (Å²) in [6.07, 6.45) is -0.705. The minimum absolute atomic E-state index is 0.0987. The first-order valence-corrected chi connectivity index (χ1v) is 3.94. The number of nitriles is 2. The van der Waals surface area contributed by atoms with E-state index in [1.807, 2.05) is 6.07 Å². The smallest absolute Gasteiger partial charge is 0.181 e. The maximum atomic E-state index is 13.0. The van der Waals surface area contributed by atoms with E-state index in [2.05, 4.69) is 0 Å². The molecule has 0 heterocycles. The first-order chi connectivity index (χ1) is 6.69. The summed E-state index contributed by atoms with van der Waals surface area (Å²) in [5.41, 5.74) is -0.172. The molecule has 0 saturated carbocycles. The van der Waals surface area contributed by atoms with Crippen LogP contribution < -0.4 is 4.74 Å². The summed E-state index contributed by atoms with van der Waals surface area (Å²) in [6, 6.07) is 7.56. The number of benzene rings is 1. The number of hydrogen-bond donors (Lipinski definition) is 0. The average Bonchev–Trinajstić information content (AvgIpc) is 2.18. The largest absolute Gasteiger partial charge is 0.474 e. The molecule has 0 saturated heterocycles. The lowest BCUT2D eigenvalue weighted by Crippen LogP contribution is -2.09. The molecule has 3 nitrogen and oxygen atoms in total. The summed E-state index contributed by atoms with van der Waals surface area (Å²) >= 11 is 0. The lowest BCUT2D eigenvalue weighted by molar-refractivity contribution is 0.274. The van der Waals surface area contributed by atoms with Crippen LogP contribution in [0.3, 0.4) is 0 Å². The van der Waals surface area contributed by atoms with Gasteiger partial charge in [0.05, 0.1) is 0 Å². The Morgan fingerprint density at radius 2 is 2.14 bits per heavy atom. The second kappa shape index (κ2) is 4.25. The monoisotopic (exact) mass is 190 g/mol. The van der Waals surface area contributed by atoms with Gasteiger partial charge in [-0.15, -0.1) is 0 Å². The van der Waals surface area contributed by atoms with Crippen molar-refractivity contribution in [1.29, 1.82) is 10.5 Å². The van der Waals surface area contributed by atoms with E-state index < -0.39 is 11.9 Å². The molecule has 1 rings (SSSR count). The molecule has 0 aromatic heterocycles. The van der Waals surface area contributed by atoms with Gasteiger partial charge in [-0.3, -0.25) is 0 Å². The summed E-state index contributed by atoms with van der Waals surface area (Å²) in [4.78, 5) is 0. The third kappa shape index (κ3) is 1.99. The number of hydrogen-bond acceptors (Lipinski definition) is 3. The van der Waals surface area contributed by atoms with Crippen LogP contribution in [0.1, 0.15) is 12.5 Å². The van der Waals surface area contributed by atoms with Crippen LogP contribution in [0.4, 0.5) is 4.39 Å². The molecule has 1 unspecified atom stereocenters. The number of nitrogens with zero attached hydrogens (tertiary/aromatic N) is 2. The molecule has 1 aromatic carbocycles. The minimum atomic E-state index is -0.705. The molecule has 70 valence electrons. The first kappa shape index (κ1) is 10.0. The van der Waals surface area contributed by atoms with E-state index in [-0.39, 0.29) is 11.3 Å². The Morgan fingerprint density at radius 3 is 2.71 bits per heavy atom. The zero-order chi connectivity index (χ0) is 10.6. The molecule has 0 N–H and O–H groups in total. The van der Waals surface area contributed by atoms with Crippen LogP contribution in [0.25, 0.3) is 0 Å². The van der Waals surface area contributed by atoms with Crippen LogP contribution >= 0.6 is 0 Å². The van der Waals surface area contributed by atoms with Crippen molar-refractivity contribution in [2.24, 2.45) is 0 Å². The first-order valence-electron chi connectivity index (χ1n) is 3.94. The molecule has 0 spiro atoms. The highest BCUT2D eigenvalue weighted by Gasteiger charge is 2.10. The van der Waals surface area contributed by atoms with Gasteiger partial charge in [-0.2, -0.15) is 10.5 Å². The van der Waals surface area contributed by atoms with Crippen molar-refractivity contribution < 1.29 is 9.13 Å². The van der Waals surface area contributed by atoms with Gasteiger partial charge in [0.15, 0.2) is 6.10 Å². The van der Waals surface area contributed by atoms with E-state index in [9.17, 15) is 4.39 Å². The van der Waals surface area contributed by atoms with Crippen LogP contribution in [0, 0.1) is 28.5 Å². The van der Waals surface area contributed by atoms with Crippen molar-refractivity contribution in [3.05, 3.63) is 29.6 Å². The van der Waals surface area contributed by atoms with Gasteiger partial charge in [0.1, 0.15) is 29.3 Å². The summed E-state index contributed by atoms with van der Waals surface area (Å²) in [7, 11) is 0. The van der Waals surface area contributed by atoms with E-state index >= 15 is 0 Å². The van der Waals surface area contributed by atoms with E-state index in [1.54, 1.807) is 6.07 Å². The summed E-state index contributed by atoms with van der Waals surface area (Å²) in [5, 5.41) is 17.1. The van der Waals surface area contributed by atoms with Gasteiger partial charge in [0, 0.05) is 0 Å². The van der Waals surface area contributed by atoms with Gasteiger partial charge in [0.2, 0.25) is 0 Å². The molecule has 1 aromatic rings. The highest BCUT2D eigenvalue weighted by molar-refractivity contribution is 5.44. The van der Waals surface area contributed by atoms with Crippen molar-refractivity contribution in [3.8, 4) is 17.9 Å². The van der Waals surface area contributed by atoms with E-state index in [0.717, 1.165) is 0 Å². The second-order valence-electron chi connectivity index (χ2n) is 2.61. The Hall–Kier alpha value is -2.07. The summed E-state index contributed by atoms with van der Waals surface area (Å²) in [5.74, 6) is -0.545. The standard InChI is InChI=1S/C10H7FN2O/c1-7(5-12)14-10-4-2-3-9(11)8(10)6-13/h2-4,7H,1H3. The normalized spacial score (nSPS) is 11.1. The van der Waals surface area contributed by atoms with Crippen molar-refractivity contribution >= 4 is 0 Å². The van der Waals surface area contributed by atoms with Crippen LogP contribution in [-0.2, 0) is 0 Å². The fraction of sp³-hybridized carbons (Fsp3) is 0.200. The highest BCUT2D eigenvalue weighted by Crippen LogP contribution is 2.21. The van der Waals surface area contributed by atoms with Gasteiger partial charge in [-0.05, 0) is 19.1 Å². The molecule has 0 fully saturated rings. The molecule has 0 aliphatic heterocycles. The minimum Gasteiger partial charge on any atom is -0.474 e. The van der Waals surface area contributed by atoms with Crippen LogP contribution in [-0.4, -0.2) is 6.10 Å². The van der Waals surface area contributed by atoms with Crippen molar-refractivity contribution in [3.63, 3.8) is 0 Å². The van der Waals surface area contributed by atoms with E-state index in [1.165, 1.54) is 25.1 Å². The Morgan fingerprint density at radius 1 is 1.43 bits per heavy atom. The number of rotatable bonds is 2. The van der Waals surface area contributed by atoms with Crippen LogP contribution in [0.15, 0.2) is 18.2 Å². The van der Waals surface area contributed by atoms with Gasteiger partial charge in [-0.1, -0.05) is 6.07 Å². The highest BCUT2D eigenvalue weighted by atomic mass is 19.1. The molecular weight excluding hydrogens is 183 g/mol. The average molecular weight is 190 g/mol. The fourth-order valence-electron chi connectivity index (χ4n) is 0.928. The molecule has 0 aliphatic rings. The van der Waals surface area contributed by atoms with Crippen LogP contribution in [0.2, 0.25) is 0 Å². The topological polar surface area (TPSA) is 56.8 Å². The van der Waals surface area contributed by atoms with Crippen molar-refractivity contribution in [2.45, 2.75) is 13.0 Å². The summed E-state index contributed by atoms with van der Waals surface area (Å²) in [6.45, 7) is 1.52. The zero-order valence-corrected chi connectivity index (χ0v) is 7.49. The second-order valence-corrected chi connectivity index (χ2v) is 2.61. The quantitative estimate of drug-likeness (QED) is 0.716. The summed E-state index contributed by atoms with van der Waals surface area (Å²) < 4.78 is 18.1. The number of ether oxygens (including phenoxy) is 1. The van der Waals surface area contributed by atoms with Gasteiger partial charge in [-0.25, -0.2) is 4.39 Å². The molecule has 0 bridgehead atoms.